The third kappa shape index (κ3) is 2.87. The van der Waals surface area contributed by atoms with Crippen molar-refractivity contribution in [3.63, 3.8) is 0 Å². The van der Waals surface area contributed by atoms with E-state index < -0.39 is 15.4 Å². The summed E-state index contributed by atoms with van der Waals surface area (Å²) in [7, 11) is -4.10. The van der Waals surface area contributed by atoms with Crippen molar-refractivity contribution in [3.05, 3.63) is 36.7 Å². The van der Waals surface area contributed by atoms with Crippen molar-refractivity contribution in [2.45, 2.75) is 18.6 Å². The van der Waals surface area contributed by atoms with Crippen LogP contribution in [0.1, 0.15) is 19.0 Å². The Morgan fingerprint density at radius 2 is 2.27 bits per heavy atom. The average Bonchev–Trinajstić information content (AvgIpc) is 2.18. The molecule has 4 nitrogen and oxygen atoms in total. The fourth-order valence-electron chi connectivity index (χ4n) is 1.35. The Hall–Kier alpha value is -1.20. The summed E-state index contributed by atoms with van der Waals surface area (Å²) < 4.78 is 31.1. The summed E-state index contributed by atoms with van der Waals surface area (Å²) in [6.45, 7) is 5.33. The van der Waals surface area contributed by atoms with Gasteiger partial charge < -0.3 is 0 Å². The lowest BCUT2D eigenvalue weighted by Crippen LogP contribution is -2.21. The van der Waals surface area contributed by atoms with Crippen LogP contribution >= 0.6 is 0 Å². The molecule has 0 aromatic carbocycles. The van der Waals surface area contributed by atoms with E-state index in [1.54, 1.807) is 31.3 Å². The van der Waals surface area contributed by atoms with Crippen molar-refractivity contribution < 1.29 is 13.0 Å². The molecule has 0 radical (unpaired) electrons. The molecule has 1 atom stereocenters. The van der Waals surface area contributed by atoms with Crippen LogP contribution in [-0.4, -0.2) is 23.2 Å². The largest absolute Gasteiger partial charge is 0.285 e. The number of rotatable bonds is 4. The normalized spacial score (nSPS) is 13.5. The van der Waals surface area contributed by atoms with E-state index >= 15 is 0 Å². The summed E-state index contributed by atoms with van der Waals surface area (Å²) in [6, 6.07) is 5.13. The minimum absolute atomic E-state index is 0.272. The van der Waals surface area contributed by atoms with Crippen LogP contribution in [0.4, 0.5) is 0 Å². The minimum atomic E-state index is -4.10. The lowest BCUT2D eigenvalue weighted by Gasteiger charge is -2.13. The molecule has 0 aliphatic heterocycles. The van der Waals surface area contributed by atoms with Crippen LogP contribution in [0, 0.1) is 0 Å². The van der Waals surface area contributed by atoms with E-state index in [2.05, 4.69) is 11.6 Å². The summed E-state index contributed by atoms with van der Waals surface area (Å²) in [5.41, 5.74) is 0.808. The maximum atomic E-state index is 11.0. The Bertz CT molecular complexity index is 439. The van der Waals surface area contributed by atoms with Gasteiger partial charge in [-0.25, -0.2) is 0 Å². The van der Waals surface area contributed by atoms with E-state index in [9.17, 15) is 8.42 Å². The summed E-state index contributed by atoms with van der Waals surface area (Å²) in [4.78, 5) is 3.99. The highest BCUT2D eigenvalue weighted by molar-refractivity contribution is 7.86. The third-order valence-electron chi connectivity index (χ3n) is 2.11. The highest BCUT2D eigenvalue weighted by Gasteiger charge is 2.25. The molecule has 15 heavy (non-hydrogen) atoms. The van der Waals surface area contributed by atoms with E-state index in [1.165, 1.54) is 0 Å². The van der Waals surface area contributed by atoms with Crippen molar-refractivity contribution in [3.8, 4) is 0 Å². The summed E-state index contributed by atoms with van der Waals surface area (Å²) >= 11 is 0. The number of hydrogen-bond acceptors (Lipinski definition) is 3. The van der Waals surface area contributed by atoms with E-state index in [1.807, 2.05) is 0 Å². The quantitative estimate of drug-likeness (QED) is 0.796. The van der Waals surface area contributed by atoms with Gasteiger partial charge in [0.05, 0.1) is 5.69 Å². The molecule has 0 spiro atoms. The molecule has 0 aliphatic carbocycles. The lowest BCUT2D eigenvalue weighted by molar-refractivity contribution is 0.474. The van der Waals surface area contributed by atoms with Gasteiger partial charge in [0.1, 0.15) is 5.25 Å². The highest BCUT2D eigenvalue weighted by Crippen LogP contribution is 2.21. The van der Waals surface area contributed by atoms with Crippen molar-refractivity contribution in [1.82, 2.24) is 4.98 Å². The number of aromatic nitrogens is 1. The van der Waals surface area contributed by atoms with Crippen LogP contribution in [0.25, 0.3) is 5.57 Å². The van der Waals surface area contributed by atoms with Crippen LogP contribution in [0.3, 0.4) is 0 Å². The number of hydrogen-bond donors (Lipinski definition) is 1. The Kier molecular flexibility index (Phi) is 3.60. The van der Waals surface area contributed by atoms with Crippen molar-refractivity contribution in [2.24, 2.45) is 0 Å². The SMILES string of the molecule is C=C(c1ccccn1)C(CC)S(=O)(=O)O. The standard InChI is InChI=1S/C10H13NO3S/c1-3-10(15(12,13)14)8(2)9-6-4-5-7-11-9/h4-7,10H,2-3H2,1H3,(H,12,13,14). The van der Waals surface area contributed by atoms with Gasteiger partial charge in [0.15, 0.2) is 0 Å². The molecule has 1 unspecified atom stereocenters. The predicted octanol–water partition coefficient (Wildman–Crippen LogP) is 1.76. The van der Waals surface area contributed by atoms with Crippen LogP contribution in [-0.2, 0) is 10.1 Å². The second-order valence-corrected chi connectivity index (χ2v) is 4.75. The van der Waals surface area contributed by atoms with Gasteiger partial charge >= 0.3 is 0 Å². The van der Waals surface area contributed by atoms with Gasteiger partial charge in [-0.2, -0.15) is 8.42 Å². The molecule has 1 heterocycles. The van der Waals surface area contributed by atoms with Gasteiger partial charge in [-0.3, -0.25) is 9.54 Å². The second kappa shape index (κ2) is 4.55. The Morgan fingerprint density at radius 3 is 2.67 bits per heavy atom. The van der Waals surface area contributed by atoms with E-state index in [0.29, 0.717) is 11.3 Å². The molecule has 1 aromatic rings. The van der Waals surface area contributed by atoms with Crippen LogP contribution in [0.5, 0.6) is 0 Å². The first kappa shape index (κ1) is 11.9. The molecule has 1 N–H and O–H groups in total. The zero-order valence-corrected chi connectivity index (χ0v) is 9.24. The molecule has 82 valence electrons. The molecular weight excluding hydrogens is 214 g/mol. The van der Waals surface area contributed by atoms with Crippen LogP contribution in [0.15, 0.2) is 31.0 Å². The minimum Gasteiger partial charge on any atom is -0.285 e. The van der Waals surface area contributed by atoms with Gasteiger partial charge in [0.25, 0.3) is 10.1 Å². The van der Waals surface area contributed by atoms with Crippen molar-refractivity contribution in [1.29, 1.82) is 0 Å². The summed E-state index contributed by atoms with van der Waals surface area (Å²) in [5.74, 6) is 0. The first-order valence-electron chi connectivity index (χ1n) is 4.53. The summed E-state index contributed by atoms with van der Waals surface area (Å²) in [6.07, 6.45) is 1.82. The van der Waals surface area contributed by atoms with Gasteiger partial charge in [-0.05, 0) is 24.1 Å². The first-order valence-corrected chi connectivity index (χ1v) is 6.03. The van der Waals surface area contributed by atoms with Crippen molar-refractivity contribution in [2.75, 3.05) is 0 Å². The van der Waals surface area contributed by atoms with Gasteiger partial charge in [-0.15, -0.1) is 0 Å². The predicted molar refractivity (Wildman–Crippen MR) is 58.9 cm³/mol. The molecule has 0 fully saturated rings. The molecule has 5 heteroatoms. The molecule has 0 aliphatic rings. The maximum Gasteiger partial charge on any atom is 0.272 e. The van der Waals surface area contributed by atoms with E-state index in [0.717, 1.165) is 0 Å². The molecule has 0 saturated heterocycles. The highest BCUT2D eigenvalue weighted by atomic mass is 32.2. The third-order valence-corrected chi connectivity index (χ3v) is 3.45. The molecule has 0 saturated carbocycles. The van der Waals surface area contributed by atoms with E-state index in [4.69, 9.17) is 4.55 Å². The average molecular weight is 227 g/mol. The zero-order chi connectivity index (χ0) is 11.5. The topological polar surface area (TPSA) is 67.3 Å². The first-order chi connectivity index (χ1) is 6.96. The van der Waals surface area contributed by atoms with Gasteiger partial charge in [0.2, 0.25) is 0 Å². The van der Waals surface area contributed by atoms with Crippen LogP contribution in [0.2, 0.25) is 0 Å². The Balaban J connectivity index is 3.04. The van der Waals surface area contributed by atoms with Gasteiger partial charge in [-0.1, -0.05) is 19.6 Å². The smallest absolute Gasteiger partial charge is 0.272 e. The Labute approximate surface area is 89.4 Å². The molecule has 1 aromatic heterocycles. The summed E-state index contributed by atoms with van der Waals surface area (Å²) in [5, 5.41) is -0.979. The molecule has 0 amide bonds. The molecule has 1 rings (SSSR count). The molecular formula is C10H13NO3S. The lowest BCUT2D eigenvalue weighted by atomic mass is 10.1. The Morgan fingerprint density at radius 1 is 1.60 bits per heavy atom. The number of pyridine rings is 1. The van der Waals surface area contributed by atoms with Crippen LogP contribution < -0.4 is 0 Å². The second-order valence-electron chi connectivity index (χ2n) is 3.15. The monoisotopic (exact) mass is 227 g/mol. The maximum absolute atomic E-state index is 11.0. The fourth-order valence-corrected chi connectivity index (χ4v) is 2.26. The fraction of sp³-hybridized carbons (Fsp3) is 0.300. The zero-order valence-electron chi connectivity index (χ0n) is 8.42. The molecule has 0 bridgehead atoms. The van der Waals surface area contributed by atoms with E-state index in [-0.39, 0.29) is 6.42 Å². The van der Waals surface area contributed by atoms with Gasteiger partial charge in [0, 0.05) is 6.20 Å². The number of nitrogens with zero attached hydrogens (tertiary/aromatic N) is 1. The van der Waals surface area contributed by atoms with Crippen molar-refractivity contribution >= 4 is 15.7 Å².